The van der Waals surface area contributed by atoms with E-state index in [0.29, 0.717) is 38.4 Å². The van der Waals surface area contributed by atoms with E-state index in [1.165, 1.54) is 10.7 Å². The van der Waals surface area contributed by atoms with Crippen LogP contribution >= 0.6 is 15.9 Å². The fourth-order valence-electron chi connectivity index (χ4n) is 5.68. The van der Waals surface area contributed by atoms with Gasteiger partial charge < -0.3 is 9.80 Å². The number of hydrogen-bond acceptors (Lipinski definition) is 5. The first-order valence-corrected chi connectivity index (χ1v) is 14.3. The minimum absolute atomic E-state index is 0.00545. The number of amides is 2. The van der Waals surface area contributed by atoms with Crippen molar-refractivity contribution >= 4 is 33.4 Å². The van der Waals surface area contributed by atoms with Gasteiger partial charge in [0.2, 0.25) is 0 Å². The first kappa shape index (κ1) is 27.3. The van der Waals surface area contributed by atoms with Crippen molar-refractivity contribution in [3.8, 4) is 11.3 Å². The van der Waals surface area contributed by atoms with Crippen LogP contribution in [0.15, 0.2) is 59.3 Å². The monoisotopic (exact) mass is 623 g/mol. The standard InChI is InChI=1S/C29H28BrF2N7O2/c1-36-17-24(27(34-36)23-7-4-20(31)15-25(23)32)28(40)37-11-8-18(9-12-37)14-21-16-39(35-33-21)26-10-13-38(29(26)41)22-5-2-19(30)3-6-22/h2-7,15-18,26H,8-14H2,1H3. The van der Waals surface area contributed by atoms with Crippen LogP contribution in [0.4, 0.5) is 14.5 Å². The molecule has 0 aliphatic carbocycles. The van der Waals surface area contributed by atoms with Crippen molar-refractivity contribution in [2.24, 2.45) is 13.0 Å². The highest BCUT2D eigenvalue weighted by Crippen LogP contribution is 2.31. The van der Waals surface area contributed by atoms with Crippen LogP contribution in [0.1, 0.15) is 41.4 Å². The number of rotatable bonds is 6. The van der Waals surface area contributed by atoms with Crippen LogP contribution in [0.2, 0.25) is 0 Å². The van der Waals surface area contributed by atoms with E-state index < -0.39 is 11.6 Å². The van der Waals surface area contributed by atoms with Crippen molar-refractivity contribution in [3.05, 3.63) is 82.2 Å². The predicted molar refractivity (Wildman–Crippen MR) is 151 cm³/mol. The van der Waals surface area contributed by atoms with Crippen LogP contribution in [-0.4, -0.2) is 61.1 Å². The summed E-state index contributed by atoms with van der Waals surface area (Å²) in [5, 5.41) is 12.9. The summed E-state index contributed by atoms with van der Waals surface area (Å²) in [5.41, 5.74) is 2.27. The molecule has 0 N–H and O–H groups in total. The average Bonchev–Trinajstić information content (AvgIpc) is 3.68. The highest BCUT2D eigenvalue weighted by molar-refractivity contribution is 9.10. The van der Waals surface area contributed by atoms with Gasteiger partial charge in [0.15, 0.2) is 0 Å². The molecule has 4 aromatic rings. The average molecular weight is 624 g/mol. The van der Waals surface area contributed by atoms with Gasteiger partial charge in [-0.15, -0.1) is 5.10 Å². The number of carbonyl (C=O) groups excluding carboxylic acids is 2. The van der Waals surface area contributed by atoms with E-state index in [0.717, 1.165) is 40.8 Å². The Morgan fingerprint density at radius 1 is 1.02 bits per heavy atom. The smallest absolute Gasteiger partial charge is 0.257 e. The molecular formula is C29H28BrF2N7O2. The van der Waals surface area contributed by atoms with Crippen LogP contribution in [0.5, 0.6) is 0 Å². The molecule has 4 heterocycles. The zero-order chi connectivity index (χ0) is 28.7. The van der Waals surface area contributed by atoms with Crippen molar-refractivity contribution in [2.45, 2.75) is 31.7 Å². The van der Waals surface area contributed by atoms with Crippen LogP contribution in [0, 0.1) is 17.6 Å². The number of hydrogen-bond donors (Lipinski definition) is 0. The molecule has 2 aromatic carbocycles. The second kappa shape index (κ2) is 11.2. The molecule has 2 aliphatic rings. The molecule has 212 valence electrons. The van der Waals surface area contributed by atoms with Gasteiger partial charge >= 0.3 is 0 Å². The van der Waals surface area contributed by atoms with Gasteiger partial charge in [-0.3, -0.25) is 14.3 Å². The first-order valence-electron chi connectivity index (χ1n) is 13.5. The Morgan fingerprint density at radius 2 is 1.78 bits per heavy atom. The molecular weight excluding hydrogens is 596 g/mol. The topological polar surface area (TPSA) is 89.2 Å². The van der Waals surface area contributed by atoms with E-state index in [-0.39, 0.29) is 34.7 Å². The molecule has 41 heavy (non-hydrogen) atoms. The van der Waals surface area contributed by atoms with Gasteiger partial charge in [0, 0.05) is 60.9 Å². The Morgan fingerprint density at radius 3 is 2.51 bits per heavy atom. The second-order valence-electron chi connectivity index (χ2n) is 10.6. The molecule has 2 fully saturated rings. The molecule has 2 aromatic heterocycles. The van der Waals surface area contributed by atoms with Crippen molar-refractivity contribution in [2.75, 3.05) is 24.5 Å². The summed E-state index contributed by atoms with van der Waals surface area (Å²) < 4.78 is 32.0. The number of piperidine rings is 1. The van der Waals surface area contributed by atoms with Gasteiger partial charge in [-0.25, -0.2) is 13.5 Å². The molecule has 12 heteroatoms. The molecule has 1 unspecified atom stereocenters. The highest BCUT2D eigenvalue weighted by Gasteiger charge is 2.35. The summed E-state index contributed by atoms with van der Waals surface area (Å²) in [4.78, 5) is 30.0. The fourth-order valence-corrected chi connectivity index (χ4v) is 5.94. The van der Waals surface area contributed by atoms with Gasteiger partial charge in [0.1, 0.15) is 23.4 Å². The lowest BCUT2D eigenvalue weighted by molar-refractivity contribution is -0.120. The SMILES string of the molecule is Cn1cc(C(=O)N2CCC(Cc3cn(C4CCN(c5ccc(Br)cc5)C4=O)nn3)CC2)c(-c2ccc(F)cc2F)n1. The lowest BCUT2D eigenvalue weighted by atomic mass is 9.92. The Labute approximate surface area is 243 Å². The van der Waals surface area contributed by atoms with Crippen molar-refractivity contribution in [3.63, 3.8) is 0 Å². The number of aromatic nitrogens is 5. The van der Waals surface area contributed by atoms with Crippen LogP contribution in [0.25, 0.3) is 11.3 Å². The zero-order valence-corrected chi connectivity index (χ0v) is 24.0. The number of nitrogens with zero attached hydrogens (tertiary/aromatic N) is 7. The van der Waals surface area contributed by atoms with Gasteiger partial charge in [-0.1, -0.05) is 21.1 Å². The molecule has 0 spiro atoms. The largest absolute Gasteiger partial charge is 0.339 e. The molecule has 2 saturated heterocycles. The van der Waals surface area contributed by atoms with Gasteiger partial charge in [0.05, 0.1) is 11.3 Å². The number of anilines is 1. The minimum Gasteiger partial charge on any atom is -0.339 e. The number of carbonyl (C=O) groups is 2. The fraction of sp³-hybridized carbons (Fsp3) is 0.345. The minimum atomic E-state index is -0.759. The molecule has 2 aliphatic heterocycles. The van der Waals surface area contributed by atoms with E-state index in [1.807, 2.05) is 30.5 Å². The Kier molecular flexibility index (Phi) is 7.41. The summed E-state index contributed by atoms with van der Waals surface area (Å²) in [7, 11) is 1.67. The lowest BCUT2D eigenvalue weighted by Gasteiger charge is -2.31. The number of aryl methyl sites for hydroxylation is 1. The third-order valence-electron chi connectivity index (χ3n) is 7.84. The second-order valence-corrected chi connectivity index (χ2v) is 11.5. The number of likely N-dealkylation sites (tertiary alicyclic amines) is 1. The third kappa shape index (κ3) is 5.52. The van der Waals surface area contributed by atoms with E-state index in [1.54, 1.807) is 27.7 Å². The number of halogens is 3. The highest BCUT2D eigenvalue weighted by atomic mass is 79.9. The van der Waals surface area contributed by atoms with Crippen molar-refractivity contribution < 1.29 is 18.4 Å². The van der Waals surface area contributed by atoms with E-state index in [4.69, 9.17) is 0 Å². The molecule has 0 saturated carbocycles. The van der Waals surface area contributed by atoms with Crippen molar-refractivity contribution in [1.29, 1.82) is 0 Å². The molecule has 2 amide bonds. The van der Waals surface area contributed by atoms with E-state index in [2.05, 4.69) is 31.3 Å². The molecule has 9 nitrogen and oxygen atoms in total. The predicted octanol–water partition coefficient (Wildman–Crippen LogP) is 4.79. The summed E-state index contributed by atoms with van der Waals surface area (Å²) >= 11 is 3.43. The van der Waals surface area contributed by atoms with Crippen molar-refractivity contribution in [1.82, 2.24) is 29.7 Å². The maximum absolute atomic E-state index is 14.5. The van der Waals surface area contributed by atoms with E-state index >= 15 is 0 Å². The van der Waals surface area contributed by atoms with Crippen LogP contribution in [-0.2, 0) is 18.3 Å². The third-order valence-corrected chi connectivity index (χ3v) is 8.37. The molecule has 0 radical (unpaired) electrons. The summed E-state index contributed by atoms with van der Waals surface area (Å²) in [6.45, 7) is 1.71. The normalized spacial score (nSPS) is 18.0. The number of benzene rings is 2. The first-order chi connectivity index (χ1) is 19.8. The summed E-state index contributed by atoms with van der Waals surface area (Å²) in [5.74, 6) is -1.35. The maximum atomic E-state index is 14.5. The zero-order valence-electron chi connectivity index (χ0n) is 22.4. The molecule has 1 atom stereocenters. The van der Waals surface area contributed by atoms with Gasteiger partial charge in [-0.05, 0) is 68.0 Å². The maximum Gasteiger partial charge on any atom is 0.257 e. The van der Waals surface area contributed by atoms with Crippen LogP contribution in [0.3, 0.4) is 0 Å². The Balaban J connectivity index is 1.07. The molecule has 6 rings (SSSR count). The Bertz CT molecular complexity index is 1590. The quantitative estimate of drug-likeness (QED) is 0.308. The lowest BCUT2D eigenvalue weighted by Crippen LogP contribution is -2.39. The van der Waals surface area contributed by atoms with Gasteiger partial charge in [0.25, 0.3) is 11.8 Å². The Hall–Kier alpha value is -3.93. The van der Waals surface area contributed by atoms with Gasteiger partial charge in [-0.2, -0.15) is 5.10 Å². The summed E-state index contributed by atoms with van der Waals surface area (Å²) in [6.07, 6.45) is 6.36. The summed E-state index contributed by atoms with van der Waals surface area (Å²) in [6, 6.07) is 10.6. The van der Waals surface area contributed by atoms with E-state index in [9.17, 15) is 18.4 Å². The van der Waals surface area contributed by atoms with Crippen LogP contribution < -0.4 is 4.90 Å². The molecule has 0 bridgehead atoms.